The predicted octanol–water partition coefficient (Wildman–Crippen LogP) is 4.92. The molecule has 1 amide bonds. The van der Waals surface area contributed by atoms with Gasteiger partial charge in [0.25, 0.3) is 5.71 Å². The Labute approximate surface area is 183 Å². The number of aromatic nitrogens is 4. The number of hydrogen-bond acceptors (Lipinski definition) is 5. The van der Waals surface area contributed by atoms with Gasteiger partial charge < -0.3 is 14.0 Å². The van der Waals surface area contributed by atoms with Crippen LogP contribution in [0.25, 0.3) is 11.1 Å². The molecule has 0 N–H and O–H groups in total. The van der Waals surface area contributed by atoms with Gasteiger partial charge in [0.05, 0.1) is 23.0 Å². The largest absolute Gasteiger partial charge is 0.417 e. The molecule has 0 spiro atoms. The highest BCUT2D eigenvalue weighted by Crippen LogP contribution is 2.40. The van der Waals surface area contributed by atoms with Crippen LogP contribution in [0.2, 0.25) is 0 Å². The van der Waals surface area contributed by atoms with Crippen molar-refractivity contribution in [3.05, 3.63) is 41.7 Å². The van der Waals surface area contributed by atoms with Crippen LogP contribution in [0.5, 0.6) is 0 Å². The van der Waals surface area contributed by atoms with Gasteiger partial charge in [-0.1, -0.05) is 19.0 Å². The SMILES string of the molecule is CC(C)c1cc(C(F)(F)F)c2c(C3CCCN(C(=O)CC(C)n4ccnc4)C3)noc2n1. The van der Waals surface area contributed by atoms with Crippen LogP contribution in [-0.2, 0) is 11.0 Å². The Morgan fingerprint density at radius 2 is 2.09 bits per heavy atom. The third kappa shape index (κ3) is 4.35. The summed E-state index contributed by atoms with van der Waals surface area (Å²) in [7, 11) is 0. The fourth-order valence-electron chi connectivity index (χ4n) is 4.23. The van der Waals surface area contributed by atoms with Crippen molar-refractivity contribution in [3.8, 4) is 0 Å². The Morgan fingerprint density at radius 3 is 2.75 bits per heavy atom. The number of piperidine rings is 1. The second-order valence-corrected chi connectivity index (χ2v) is 8.74. The van der Waals surface area contributed by atoms with Crippen LogP contribution in [0, 0.1) is 0 Å². The van der Waals surface area contributed by atoms with Crippen LogP contribution in [0.15, 0.2) is 29.3 Å². The Kier molecular flexibility index (Phi) is 5.96. The third-order valence-corrected chi connectivity index (χ3v) is 6.05. The number of likely N-dealkylation sites (tertiary alicyclic amines) is 1. The summed E-state index contributed by atoms with van der Waals surface area (Å²) in [4.78, 5) is 22.9. The van der Waals surface area contributed by atoms with Gasteiger partial charge in [-0.25, -0.2) is 9.97 Å². The van der Waals surface area contributed by atoms with Crippen molar-refractivity contribution in [2.24, 2.45) is 0 Å². The van der Waals surface area contributed by atoms with Crippen LogP contribution in [-0.4, -0.2) is 43.6 Å². The number of amides is 1. The number of fused-ring (bicyclic) bond motifs is 1. The van der Waals surface area contributed by atoms with E-state index in [9.17, 15) is 18.0 Å². The van der Waals surface area contributed by atoms with Crippen molar-refractivity contribution in [2.75, 3.05) is 13.1 Å². The molecule has 0 aromatic carbocycles. The monoisotopic (exact) mass is 449 g/mol. The van der Waals surface area contributed by atoms with Crippen LogP contribution >= 0.6 is 0 Å². The number of rotatable bonds is 5. The topological polar surface area (TPSA) is 77.0 Å². The molecule has 1 aliphatic heterocycles. The highest BCUT2D eigenvalue weighted by atomic mass is 19.4. The molecule has 10 heteroatoms. The Morgan fingerprint density at radius 1 is 1.31 bits per heavy atom. The van der Waals surface area contributed by atoms with E-state index in [1.165, 1.54) is 0 Å². The third-order valence-electron chi connectivity index (χ3n) is 6.05. The van der Waals surface area contributed by atoms with Gasteiger partial charge in [0.2, 0.25) is 5.91 Å². The summed E-state index contributed by atoms with van der Waals surface area (Å²) >= 11 is 0. The zero-order valence-corrected chi connectivity index (χ0v) is 18.3. The Hall–Kier alpha value is -2.91. The zero-order chi connectivity index (χ0) is 23.0. The molecule has 4 rings (SSSR count). The van der Waals surface area contributed by atoms with Crippen molar-refractivity contribution >= 4 is 17.0 Å². The van der Waals surface area contributed by atoms with Gasteiger partial charge in [0.1, 0.15) is 0 Å². The van der Waals surface area contributed by atoms with Crippen molar-refractivity contribution in [2.45, 2.75) is 64.1 Å². The number of halogens is 3. The molecule has 0 saturated carbocycles. The quantitative estimate of drug-likeness (QED) is 0.553. The molecule has 4 heterocycles. The summed E-state index contributed by atoms with van der Waals surface area (Å²) < 4.78 is 48.8. The normalized spacial score (nSPS) is 18.5. The molecule has 1 saturated heterocycles. The van der Waals surface area contributed by atoms with E-state index >= 15 is 0 Å². The summed E-state index contributed by atoms with van der Waals surface area (Å²) in [6.07, 6.45) is 2.16. The lowest BCUT2D eigenvalue weighted by Crippen LogP contribution is -2.40. The smallest absolute Gasteiger partial charge is 0.342 e. The summed E-state index contributed by atoms with van der Waals surface area (Å²) in [5.74, 6) is -0.570. The number of carbonyl (C=O) groups is 1. The van der Waals surface area contributed by atoms with Gasteiger partial charge in [0.15, 0.2) is 0 Å². The van der Waals surface area contributed by atoms with E-state index in [2.05, 4.69) is 15.1 Å². The van der Waals surface area contributed by atoms with Crippen LogP contribution in [0.4, 0.5) is 13.2 Å². The van der Waals surface area contributed by atoms with Crippen molar-refractivity contribution in [1.82, 2.24) is 24.6 Å². The molecular formula is C22H26F3N5O2. The molecule has 3 aromatic rings. The lowest BCUT2D eigenvalue weighted by atomic mass is 9.91. The zero-order valence-electron chi connectivity index (χ0n) is 18.3. The fraction of sp³-hybridized carbons (Fsp3) is 0.545. The van der Waals surface area contributed by atoms with E-state index in [1.807, 2.05) is 11.5 Å². The predicted molar refractivity (Wildman–Crippen MR) is 111 cm³/mol. The molecule has 3 aromatic heterocycles. The van der Waals surface area contributed by atoms with Crippen LogP contribution in [0.1, 0.15) is 74.9 Å². The molecule has 0 bridgehead atoms. The fourth-order valence-corrected chi connectivity index (χ4v) is 4.23. The minimum Gasteiger partial charge on any atom is -0.342 e. The number of nitrogens with zero attached hydrogens (tertiary/aromatic N) is 5. The van der Waals surface area contributed by atoms with Crippen LogP contribution in [0.3, 0.4) is 0 Å². The molecule has 1 fully saturated rings. The van der Waals surface area contributed by atoms with Gasteiger partial charge in [-0.3, -0.25) is 4.79 Å². The van der Waals surface area contributed by atoms with Crippen molar-refractivity contribution in [3.63, 3.8) is 0 Å². The molecule has 1 aliphatic rings. The molecule has 0 radical (unpaired) electrons. The number of imidazole rings is 1. The second-order valence-electron chi connectivity index (χ2n) is 8.74. The maximum absolute atomic E-state index is 13.9. The van der Waals surface area contributed by atoms with Gasteiger partial charge in [-0.05, 0) is 31.7 Å². The number of carbonyl (C=O) groups excluding carboxylic acids is 1. The van der Waals surface area contributed by atoms with E-state index in [1.54, 1.807) is 37.5 Å². The van der Waals surface area contributed by atoms with Crippen LogP contribution < -0.4 is 0 Å². The van der Waals surface area contributed by atoms with E-state index < -0.39 is 11.7 Å². The van der Waals surface area contributed by atoms with E-state index in [0.717, 1.165) is 6.07 Å². The standard InChI is InChI=1S/C22H26F3N5O2/c1-13(2)17-10-16(22(23,24)25)19-20(28-32-21(19)27-17)15-5-4-7-29(11-15)18(31)9-14(3)30-8-6-26-12-30/h6,8,10,12-15H,4-5,7,9,11H2,1-3H3. The summed E-state index contributed by atoms with van der Waals surface area (Å²) in [6.45, 7) is 6.37. The number of hydrogen-bond donors (Lipinski definition) is 0. The van der Waals surface area contributed by atoms with Gasteiger partial charge in [-0.2, -0.15) is 13.2 Å². The first-order valence-electron chi connectivity index (χ1n) is 10.8. The Balaban J connectivity index is 1.60. The highest BCUT2D eigenvalue weighted by Gasteiger charge is 2.38. The average molecular weight is 449 g/mol. The highest BCUT2D eigenvalue weighted by molar-refractivity contribution is 5.82. The van der Waals surface area contributed by atoms with Gasteiger partial charge >= 0.3 is 6.18 Å². The molecule has 32 heavy (non-hydrogen) atoms. The first-order valence-corrected chi connectivity index (χ1v) is 10.8. The molecule has 2 unspecified atom stereocenters. The second kappa shape index (κ2) is 8.55. The molecule has 7 nitrogen and oxygen atoms in total. The maximum Gasteiger partial charge on any atom is 0.417 e. The first kappa shape index (κ1) is 22.3. The maximum atomic E-state index is 13.9. The summed E-state index contributed by atoms with van der Waals surface area (Å²) in [5.41, 5.74) is -0.341. The van der Waals surface area contributed by atoms with Gasteiger partial charge in [0, 0.05) is 49.6 Å². The van der Waals surface area contributed by atoms with E-state index in [-0.39, 0.29) is 47.0 Å². The lowest BCUT2D eigenvalue weighted by Gasteiger charge is -2.33. The molecule has 0 aliphatic carbocycles. The summed E-state index contributed by atoms with van der Waals surface area (Å²) in [6, 6.07) is 1.03. The van der Waals surface area contributed by atoms with E-state index in [4.69, 9.17) is 4.52 Å². The molecule has 172 valence electrons. The lowest BCUT2D eigenvalue weighted by molar-refractivity contribution is -0.136. The van der Waals surface area contributed by atoms with Crippen molar-refractivity contribution < 1.29 is 22.5 Å². The number of pyridine rings is 1. The minimum atomic E-state index is -4.56. The Bertz CT molecular complexity index is 1090. The molecule has 2 atom stereocenters. The minimum absolute atomic E-state index is 0.0417. The number of alkyl halides is 3. The van der Waals surface area contributed by atoms with Gasteiger partial charge in [-0.15, -0.1) is 0 Å². The molecular weight excluding hydrogens is 423 g/mol. The van der Waals surface area contributed by atoms with E-state index in [0.29, 0.717) is 31.6 Å². The van der Waals surface area contributed by atoms with Crippen molar-refractivity contribution in [1.29, 1.82) is 0 Å². The first-order chi connectivity index (χ1) is 15.1. The average Bonchev–Trinajstić information content (AvgIpc) is 3.42. The summed E-state index contributed by atoms with van der Waals surface area (Å²) in [5, 5.41) is 3.91.